The molecule has 196 valence electrons. The minimum atomic E-state index is -4.60. The lowest BCUT2D eigenvalue weighted by atomic mass is 9.95. The van der Waals surface area contributed by atoms with Crippen molar-refractivity contribution in [3.63, 3.8) is 0 Å². The van der Waals surface area contributed by atoms with E-state index in [9.17, 15) is 27.6 Å². The number of ether oxygens (including phenoxy) is 1. The molecular formula is C27H18Cl2F3NO5. The molecule has 1 N–H and O–H groups in total. The highest BCUT2D eigenvalue weighted by molar-refractivity contribution is 6.34. The summed E-state index contributed by atoms with van der Waals surface area (Å²) >= 11 is 12.2. The van der Waals surface area contributed by atoms with E-state index in [-0.39, 0.29) is 39.0 Å². The number of anilines is 1. The summed E-state index contributed by atoms with van der Waals surface area (Å²) in [6, 6.07) is 14.0. The first kappa shape index (κ1) is 27.2. The average Bonchev–Trinajstić information content (AvgIpc) is 2.86. The fraction of sp³-hybridized carbons (Fsp3) is 0.148. The molecule has 6 nitrogen and oxygen atoms in total. The smallest absolute Gasteiger partial charge is 0.416 e. The van der Waals surface area contributed by atoms with Gasteiger partial charge in [0.15, 0.2) is 0 Å². The zero-order valence-corrected chi connectivity index (χ0v) is 21.1. The molecular weight excluding hydrogens is 546 g/mol. The van der Waals surface area contributed by atoms with E-state index in [2.05, 4.69) is 5.32 Å². The molecule has 0 unspecified atom stereocenters. The topological polar surface area (TPSA) is 85.6 Å². The summed E-state index contributed by atoms with van der Waals surface area (Å²) in [7, 11) is 0. The Bertz CT molecular complexity index is 1600. The Hall–Kier alpha value is -3.82. The molecule has 0 aliphatic carbocycles. The van der Waals surface area contributed by atoms with Gasteiger partial charge in [0.25, 0.3) is 0 Å². The number of hydrogen-bond donors (Lipinski definition) is 1. The number of benzene rings is 3. The highest BCUT2D eigenvalue weighted by Crippen LogP contribution is 2.37. The van der Waals surface area contributed by atoms with E-state index in [1.54, 1.807) is 37.3 Å². The van der Waals surface area contributed by atoms with Gasteiger partial charge in [0.1, 0.15) is 11.3 Å². The summed E-state index contributed by atoms with van der Waals surface area (Å²) in [6.45, 7) is 1.62. The van der Waals surface area contributed by atoms with E-state index >= 15 is 0 Å². The second-order valence-corrected chi connectivity index (χ2v) is 8.95. The van der Waals surface area contributed by atoms with Gasteiger partial charge in [0, 0.05) is 23.4 Å². The van der Waals surface area contributed by atoms with Crippen molar-refractivity contribution in [3.8, 4) is 16.9 Å². The third-order valence-electron chi connectivity index (χ3n) is 5.54. The van der Waals surface area contributed by atoms with Crippen LogP contribution >= 0.6 is 23.2 Å². The van der Waals surface area contributed by atoms with E-state index in [1.807, 2.05) is 0 Å². The molecule has 0 aliphatic rings. The maximum atomic E-state index is 13.0. The average molecular weight is 564 g/mol. The molecule has 0 bridgehead atoms. The van der Waals surface area contributed by atoms with Crippen LogP contribution in [0.4, 0.5) is 18.9 Å². The van der Waals surface area contributed by atoms with Crippen molar-refractivity contribution in [1.29, 1.82) is 0 Å². The molecule has 4 rings (SSSR count). The minimum Gasteiger partial charge on any atom is -0.425 e. The van der Waals surface area contributed by atoms with Gasteiger partial charge < -0.3 is 14.5 Å². The predicted octanol–water partition coefficient (Wildman–Crippen LogP) is 7.28. The maximum absolute atomic E-state index is 13.0. The Morgan fingerprint density at radius 1 is 1.00 bits per heavy atom. The van der Waals surface area contributed by atoms with Gasteiger partial charge >= 0.3 is 17.8 Å². The number of nitrogens with one attached hydrogen (secondary N) is 1. The Morgan fingerprint density at radius 3 is 2.34 bits per heavy atom. The van der Waals surface area contributed by atoms with Crippen LogP contribution in [0.5, 0.6) is 5.75 Å². The third-order valence-corrected chi connectivity index (χ3v) is 6.15. The van der Waals surface area contributed by atoms with Gasteiger partial charge in [-0.25, -0.2) is 4.79 Å². The zero-order valence-electron chi connectivity index (χ0n) is 19.6. The summed E-state index contributed by atoms with van der Waals surface area (Å²) in [4.78, 5) is 37.8. The van der Waals surface area contributed by atoms with Crippen LogP contribution < -0.4 is 15.7 Å². The van der Waals surface area contributed by atoms with E-state index in [0.717, 1.165) is 12.1 Å². The molecule has 4 aromatic rings. The predicted molar refractivity (Wildman–Crippen MR) is 138 cm³/mol. The molecule has 0 aliphatic heterocycles. The van der Waals surface area contributed by atoms with Crippen LogP contribution in [0.15, 0.2) is 69.9 Å². The van der Waals surface area contributed by atoms with E-state index in [0.29, 0.717) is 22.6 Å². The van der Waals surface area contributed by atoms with Crippen molar-refractivity contribution in [1.82, 2.24) is 0 Å². The van der Waals surface area contributed by atoms with Crippen LogP contribution in [0.1, 0.15) is 24.5 Å². The first-order valence-corrected chi connectivity index (χ1v) is 12.0. The lowest BCUT2D eigenvalue weighted by Crippen LogP contribution is -2.21. The van der Waals surface area contributed by atoms with E-state index < -0.39 is 35.7 Å². The minimum absolute atomic E-state index is 0.0284. The normalized spacial score (nSPS) is 11.4. The Kier molecular flexibility index (Phi) is 7.80. The van der Waals surface area contributed by atoms with Gasteiger partial charge in [-0.1, -0.05) is 60.5 Å². The van der Waals surface area contributed by atoms with Crippen molar-refractivity contribution in [2.24, 2.45) is 0 Å². The number of rotatable bonds is 6. The van der Waals surface area contributed by atoms with Gasteiger partial charge in [-0.3, -0.25) is 9.59 Å². The zero-order chi connectivity index (χ0) is 27.6. The molecule has 1 aromatic heterocycles. The van der Waals surface area contributed by atoms with Gasteiger partial charge in [0.2, 0.25) is 5.91 Å². The lowest BCUT2D eigenvalue weighted by molar-refractivity contribution is -0.137. The summed E-state index contributed by atoms with van der Waals surface area (Å²) in [5.74, 6) is -1.20. The summed E-state index contributed by atoms with van der Waals surface area (Å²) < 4.78 is 49.6. The highest BCUT2D eigenvalue weighted by atomic mass is 35.5. The number of fused-ring (bicyclic) bond motifs is 1. The van der Waals surface area contributed by atoms with Crippen LogP contribution in [0.25, 0.3) is 22.1 Å². The second kappa shape index (κ2) is 10.9. The van der Waals surface area contributed by atoms with Crippen LogP contribution in [-0.4, -0.2) is 11.9 Å². The fourth-order valence-electron chi connectivity index (χ4n) is 3.76. The molecule has 38 heavy (non-hydrogen) atoms. The standard InChI is InChI=1S/C27H18Cl2F3NO5/c1-2-24(35)37-22-11-16-21(13-19(22)29)38-26(36)17(25(16)14-6-4-3-5-7-14)12-23(34)33-20-9-8-15(10-18(20)28)27(30,31)32/h3-11,13H,2,12H2,1H3,(H,33,34). The number of alkyl halides is 3. The van der Waals surface area contributed by atoms with Crippen molar-refractivity contribution in [2.45, 2.75) is 25.9 Å². The monoisotopic (exact) mass is 563 g/mol. The summed E-state index contributed by atoms with van der Waals surface area (Å²) in [5, 5.41) is 2.52. The second-order valence-electron chi connectivity index (χ2n) is 8.13. The Balaban J connectivity index is 1.79. The SMILES string of the molecule is CCC(=O)Oc1cc2c(-c3ccccc3)c(CC(=O)Nc3ccc(C(F)(F)F)cc3Cl)c(=O)oc2cc1Cl. The fourth-order valence-corrected chi connectivity index (χ4v) is 4.18. The van der Waals surface area contributed by atoms with Crippen molar-refractivity contribution < 1.29 is 31.9 Å². The van der Waals surface area contributed by atoms with Crippen molar-refractivity contribution in [2.75, 3.05) is 5.32 Å². The molecule has 0 saturated carbocycles. The molecule has 3 aromatic carbocycles. The van der Waals surface area contributed by atoms with Crippen LogP contribution in [0.2, 0.25) is 10.0 Å². The molecule has 1 amide bonds. The van der Waals surface area contributed by atoms with Crippen LogP contribution in [0.3, 0.4) is 0 Å². The largest absolute Gasteiger partial charge is 0.425 e. The number of hydrogen-bond acceptors (Lipinski definition) is 5. The first-order chi connectivity index (χ1) is 18.0. The quantitative estimate of drug-likeness (QED) is 0.151. The van der Waals surface area contributed by atoms with Crippen LogP contribution in [0, 0.1) is 0 Å². The van der Waals surface area contributed by atoms with Gasteiger partial charge in [-0.15, -0.1) is 0 Å². The molecule has 1 heterocycles. The molecule has 0 fully saturated rings. The molecule has 0 atom stereocenters. The van der Waals surface area contributed by atoms with E-state index in [1.165, 1.54) is 12.1 Å². The maximum Gasteiger partial charge on any atom is 0.416 e. The molecule has 0 radical (unpaired) electrons. The van der Waals surface area contributed by atoms with Gasteiger partial charge in [-0.05, 0) is 29.8 Å². The van der Waals surface area contributed by atoms with Gasteiger partial charge in [0.05, 0.1) is 33.3 Å². The van der Waals surface area contributed by atoms with Gasteiger partial charge in [-0.2, -0.15) is 13.2 Å². The Morgan fingerprint density at radius 2 is 1.71 bits per heavy atom. The summed E-state index contributed by atoms with van der Waals surface area (Å²) in [5.41, 5.74) is -0.868. The number of esters is 1. The number of carbonyl (C=O) groups excluding carboxylic acids is 2. The third kappa shape index (κ3) is 5.84. The van der Waals surface area contributed by atoms with E-state index in [4.69, 9.17) is 32.4 Å². The summed E-state index contributed by atoms with van der Waals surface area (Å²) in [6.07, 6.45) is -5.00. The number of halogens is 5. The van der Waals surface area contributed by atoms with Crippen molar-refractivity contribution in [3.05, 3.63) is 92.3 Å². The molecule has 0 spiro atoms. The number of amides is 1. The van der Waals surface area contributed by atoms with Crippen LogP contribution in [-0.2, 0) is 22.2 Å². The molecule has 0 saturated heterocycles. The van der Waals surface area contributed by atoms with Crippen molar-refractivity contribution >= 4 is 51.7 Å². The number of carbonyl (C=O) groups is 2. The molecule has 11 heteroatoms. The highest BCUT2D eigenvalue weighted by Gasteiger charge is 2.31. The first-order valence-electron chi connectivity index (χ1n) is 11.2. The lowest BCUT2D eigenvalue weighted by Gasteiger charge is -2.15. The Labute approximate surface area is 223 Å².